The number of piperidine rings is 1. The SMILES string of the molecule is Cc1cc(CNC2CCCN(Cc3cccs3)C2)c(C)c(CN2CCN(C)CC2)c1. The van der Waals surface area contributed by atoms with Crippen LogP contribution in [0.4, 0.5) is 0 Å². The Hall–Kier alpha value is -1.24. The van der Waals surface area contributed by atoms with Gasteiger partial charge in [-0.25, -0.2) is 0 Å². The Morgan fingerprint density at radius 1 is 1.00 bits per heavy atom. The van der Waals surface area contributed by atoms with Gasteiger partial charge in [0, 0.05) is 63.3 Å². The predicted molar refractivity (Wildman–Crippen MR) is 128 cm³/mol. The molecule has 4 nitrogen and oxygen atoms in total. The van der Waals surface area contributed by atoms with Crippen LogP contribution in [0.5, 0.6) is 0 Å². The second-order valence-corrected chi connectivity index (χ2v) is 10.4. The van der Waals surface area contributed by atoms with Crippen molar-refractivity contribution < 1.29 is 0 Å². The van der Waals surface area contributed by atoms with Gasteiger partial charge in [0.05, 0.1) is 0 Å². The molecular weight excluding hydrogens is 388 g/mol. The summed E-state index contributed by atoms with van der Waals surface area (Å²) in [6.45, 7) is 14.9. The van der Waals surface area contributed by atoms with Crippen LogP contribution in [-0.2, 0) is 19.6 Å². The molecule has 2 aliphatic heterocycles. The van der Waals surface area contributed by atoms with E-state index in [1.165, 1.54) is 72.7 Å². The van der Waals surface area contributed by atoms with Crippen LogP contribution in [0, 0.1) is 13.8 Å². The van der Waals surface area contributed by atoms with Gasteiger partial charge in [0.1, 0.15) is 0 Å². The largest absolute Gasteiger partial charge is 0.309 e. The number of aryl methyl sites for hydroxylation is 1. The van der Waals surface area contributed by atoms with Crippen LogP contribution in [0.3, 0.4) is 0 Å². The Morgan fingerprint density at radius 3 is 2.57 bits per heavy atom. The van der Waals surface area contributed by atoms with E-state index in [9.17, 15) is 0 Å². The van der Waals surface area contributed by atoms with Crippen molar-refractivity contribution >= 4 is 11.3 Å². The molecule has 30 heavy (non-hydrogen) atoms. The van der Waals surface area contributed by atoms with Gasteiger partial charge in [-0.15, -0.1) is 11.3 Å². The van der Waals surface area contributed by atoms with Gasteiger partial charge in [-0.3, -0.25) is 9.80 Å². The van der Waals surface area contributed by atoms with Crippen molar-refractivity contribution in [2.75, 3.05) is 46.3 Å². The third kappa shape index (κ3) is 5.92. The molecule has 0 bridgehead atoms. The highest BCUT2D eigenvalue weighted by Crippen LogP contribution is 2.21. The molecule has 5 heteroatoms. The maximum absolute atomic E-state index is 3.89. The van der Waals surface area contributed by atoms with Crippen molar-refractivity contribution in [1.29, 1.82) is 0 Å². The summed E-state index contributed by atoms with van der Waals surface area (Å²) in [6.07, 6.45) is 2.59. The lowest BCUT2D eigenvalue weighted by atomic mass is 9.97. The summed E-state index contributed by atoms with van der Waals surface area (Å²) in [5.74, 6) is 0. The summed E-state index contributed by atoms with van der Waals surface area (Å²) in [5.41, 5.74) is 5.87. The number of nitrogens with zero attached hydrogens (tertiary/aromatic N) is 3. The predicted octanol–water partition coefficient (Wildman–Crippen LogP) is 3.87. The topological polar surface area (TPSA) is 21.8 Å². The lowest BCUT2D eigenvalue weighted by Gasteiger charge is -2.34. The third-order valence-corrected chi connectivity index (χ3v) is 7.66. The zero-order valence-corrected chi connectivity index (χ0v) is 19.8. The summed E-state index contributed by atoms with van der Waals surface area (Å²) in [7, 11) is 2.23. The van der Waals surface area contributed by atoms with E-state index in [1.807, 2.05) is 11.3 Å². The number of likely N-dealkylation sites (tertiary alicyclic amines) is 1. The van der Waals surface area contributed by atoms with Crippen LogP contribution in [0.2, 0.25) is 0 Å². The van der Waals surface area contributed by atoms with Crippen molar-refractivity contribution in [1.82, 2.24) is 20.0 Å². The Balaban J connectivity index is 1.34. The van der Waals surface area contributed by atoms with Crippen LogP contribution >= 0.6 is 11.3 Å². The summed E-state index contributed by atoms with van der Waals surface area (Å²) >= 11 is 1.88. The number of nitrogens with one attached hydrogen (secondary N) is 1. The van der Waals surface area contributed by atoms with Crippen molar-refractivity contribution in [3.05, 3.63) is 56.8 Å². The molecule has 0 saturated carbocycles. The second-order valence-electron chi connectivity index (χ2n) is 9.32. The normalized spacial score (nSPS) is 21.9. The lowest BCUT2D eigenvalue weighted by molar-refractivity contribution is 0.148. The molecule has 2 aliphatic rings. The molecule has 2 aromatic rings. The molecule has 0 amide bonds. The molecule has 2 fully saturated rings. The molecule has 0 aliphatic carbocycles. The molecule has 2 saturated heterocycles. The smallest absolute Gasteiger partial charge is 0.0328 e. The van der Waals surface area contributed by atoms with E-state index in [1.54, 1.807) is 0 Å². The van der Waals surface area contributed by atoms with E-state index in [0.29, 0.717) is 6.04 Å². The van der Waals surface area contributed by atoms with Crippen molar-refractivity contribution in [3.8, 4) is 0 Å². The summed E-state index contributed by atoms with van der Waals surface area (Å²) in [4.78, 5) is 9.15. The molecule has 4 rings (SSSR count). The molecule has 164 valence electrons. The summed E-state index contributed by atoms with van der Waals surface area (Å²) < 4.78 is 0. The van der Waals surface area contributed by atoms with E-state index >= 15 is 0 Å². The van der Waals surface area contributed by atoms with Crippen molar-refractivity contribution in [3.63, 3.8) is 0 Å². The summed E-state index contributed by atoms with van der Waals surface area (Å²) in [6, 6.07) is 9.82. The number of thiophene rings is 1. The van der Waals surface area contributed by atoms with Gasteiger partial charge in [0.2, 0.25) is 0 Å². The minimum absolute atomic E-state index is 0.597. The van der Waals surface area contributed by atoms with Crippen LogP contribution in [0.15, 0.2) is 29.6 Å². The van der Waals surface area contributed by atoms with Gasteiger partial charge in [-0.1, -0.05) is 23.8 Å². The average molecular weight is 427 g/mol. The molecule has 0 radical (unpaired) electrons. The van der Waals surface area contributed by atoms with Crippen LogP contribution in [0.25, 0.3) is 0 Å². The monoisotopic (exact) mass is 426 g/mol. The average Bonchev–Trinajstić information content (AvgIpc) is 3.24. The van der Waals surface area contributed by atoms with E-state index in [-0.39, 0.29) is 0 Å². The van der Waals surface area contributed by atoms with Crippen molar-refractivity contribution in [2.45, 2.75) is 52.4 Å². The van der Waals surface area contributed by atoms with Crippen LogP contribution in [-0.4, -0.2) is 67.1 Å². The highest BCUT2D eigenvalue weighted by molar-refractivity contribution is 7.09. The highest BCUT2D eigenvalue weighted by atomic mass is 32.1. The minimum atomic E-state index is 0.597. The standard InChI is InChI=1S/C25H38N4S/c1-20-14-22(21(2)23(15-20)17-28-11-9-27(3)10-12-28)16-26-24-6-4-8-29(18-24)19-25-7-5-13-30-25/h5,7,13-15,24,26H,4,6,8-12,16-19H2,1-3H3. The Morgan fingerprint density at radius 2 is 1.80 bits per heavy atom. The molecule has 1 unspecified atom stereocenters. The third-order valence-electron chi connectivity index (χ3n) is 6.80. The van der Waals surface area contributed by atoms with E-state index in [2.05, 4.69) is 70.6 Å². The Kier molecular flexibility index (Phi) is 7.60. The first-order valence-electron chi connectivity index (χ1n) is 11.5. The first-order chi connectivity index (χ1) is 14.6. The van der Waals surface area contributed by atoms with Gasteiger partial charge in [-0.05, 0) is 68.4 Å². The second kappa shape index (κ2) is 10.4. The molecule has 1 N–H and O–H groups in total. The molecule has 1 aromatic carbocycles. The van der Waals surface area contributed by atoms with E-state index in [0.717, 1.165) is 26.2 Å². The van der Waals surface area contributed by atoms with Gasteiger partial charge < -0.3 is 10.2 Å². The number of likely N-dealkylation sites (N-methyl/N-ethyl adjacent to an activating group) is 1. The zero-order valence-electron chi connectivity index (χ0n) is 19.0. The first kappa shape index (κ1) is 22.0. The summed E-state index contributed by atoms with van der Waals surface area (Å²) in [5, 5.41) is 6.08. The molecule has 1 aromatic heterocycles. The molecule has 1 atom stereocenters. The van der Waals surface area contributed by atoms with Crippen molar-refractivity contribution in [2.24, 2.45) is 0 Å². The van der Waals surface area contributed by atoms with E-state index < -0.39 is 0 Å². The lowest BCUT2D eigenvalue weighted by Crippen LogP contribution is -2.45. The molecular formula is C25H38N4S. The van der Waals surface area contributed by atoms with Gasteiger partial charge >= 0.3 is 0 Å². The maximum atomic E-state index is 3.89. The van der Waals surface area contributed by atoms with Gasteiger partial charge in [-0.2, -0.15) is 0 Å². The van der Waals surface area contributed by atoms with Crippen LogP contribution < -0.4 is 5.32 Å². The Bertz CT molecular complexity index is 796. The fourth-order valence-corrected chi connectivity index (χ4v) is 5.60. The number of benzene rings is 1. The molecule has 0 spiro atoms. The number of hydrogen-bond acceptors (Lipinski definition) is 5. The fraction of sp³-hybridized carbons (Fsp3) is 0.600. The maximum Gasteiger partial charge on any atom is 0.0328 e. The number of hydrogen-bond donors (Lipinski definition) is 1. The van der Waals surface area contributed by atoms with Gasteiger partial charge in [0.25, 0.3) is 0 Å². The highest BCUT2D eigenvalue weighted by Gasteiger charge is 2.21. The van der Waals surface area contributed by atoms with Crippen LogP contribution in [0.1, 0.15) is 40.0 Å². The number of rotatable bonds is 7. The van der Waals surface area contributed by atoms with E-state index in [4.69, 9.17) is 0 Å². The molecule has 3 heterocycles. The fourth-order valence-electron chi connectivity index (χ4n) is 4.85. The zero-order chi connectivity index (χ0) is 20.9. The first-order valence-corrected chi connectivity index (χ1v) is 12.4. The minimum Gasteiger partial charge on any atom is -0.309 e. The number of piperazine rings is 1. The van der Waals surface area contributed by atoms with Gasteiger partial charge in [0.15, 0.2) is 0 Å². The Labute approximate surface area is 186 Å². The quantitative estimate of drug-likeness (QED) is 0.725.